The minimum Gasteiger partial charge on any atom is -0.398 e. The summed E-state index contributed by atoms with van der Waals surface area (Å²) in [4.78, 5) is 0. The van der Waals surface area contributed by atoms with Crippen LogP contribution in [-0.4, -0.2) is 5.71 Å². The largest absolute Gasteiger partial charge is 0.398 e. The molecule has 0 amide bonds. The maximum absolute atomic E-state index is 8.02. The van der Waals surface area contributed by atoms with Crippen molar-refractivity contribution < 1.29 is 0 Å². The number of rotatable bonds is 6. The van der Waals surface area contributed by atoms with E-state index in [0.717, 1.165) is 11.1 Å². The molecule has 0 aromatic rings. The third kappa shape index (κ3) is 6.41. The molecule has 19 heavy (non-hydrogen) atoms. The highest BCUT2D eigenvalue weighted by atomic mass is 14.6. The number of nitrogens with one attached hydrogen (secondary N) is 1. The van der Waals surface area contributed by atoms with Gasteiger partial charge in [0.15, 0.2) is 0 Å². The molecule has 0 aliphatic heterocycles. The standard InChI is InChI=1S/C17H24N2/c1-5-9-10-11-14(6-2)12-13-17(19)15(7-3)16(18)8-4/h5-13,19H,18H2,1-4H3/b9-5-,11-10-,13-12+,14-6+,15-7+,16-8+,19-17?. The van der Waals surface area contributed by atoms with Gasteiger partial charge in [0.05, 0.1) is 5.71 Å². The van der Waals surface area contributed by atoms with E-state index >= 15 is 0 Å². The fourth-order valence-electron chi connectivity index (χ4n) is 1.43. The molecular weight excluding hydrogens is 232 g/mol. The lowest BCUT2D eigenvalue weighted by Crippen LogP contribution is -2.08. The molecule has 0 saturated carbocycles. The summed E-state index contributed by atoms with van der Waals surface area (Å²) in [5.74, 6) is 0. The average molecular weight is 256 g/mol. The summed E-state index contributed by atoms with van der Waals surface area (Å²) in [5.41, 5.74) is 8.70. The second-order valence-electron chi connectivity index (χ2n) is 3.87. The molecule has 0 fully saturated rings. The summed E-state index contributed by atoms with van der Waals surface area (Å²) >= 11 is 0. The number of allylic oxidation sites excluding steroid dienone is 11. The topological polar surface area (TPSA) is 49.9 Å². The van der Waals surface area contributed by atoms with Gasteiger partial charge in [0, 0.05) is 11.3 Å². The van der Waals surface area contributed by atoms with Crippen LogP contribution in [0.1, 0.15) is 27.7 Å². The van der Waals surface area contributed by atoms with Crippen molar-refractivity contribution in [2.75, 3.05) is 0 Å². The Morgan fingerprint density at radius 2 is 1.53 bits per heavy atom. The monoisotopic (exact) mass is 256 g/mol. The maximum Gasteiger partial charge on any atom is 0.0629 e. The van der Waals surface area contributed by atoms with Gasteiger partial charge in [0.2, 0.25) is 0 Å². The summed E-state index contributed by atoms with van der Waals surface area (Å²) in [6.07, 6.45) is 17.2. The van der Waals surface area contributed by atoms with Gasteiger partial charge in [-0.2, -0.15) is 0 Å². The van der Waals surface area contributed by atoms with Crippen LogP contribution in [0.15, 0.2) is 71.5 Å². The predicted octanol–water partition coefficient (Wildman–Crippen LogP) is 4.45. The van der Waals surface area contributed by atoms with Crippen molar-refractivity contribution in [1.29, 1.82) is 5.41 Å². The highest BCUT2D eigenvalue weighted by molar-refractivity contribution is 6.09. The molecule has 3 N–H and O–H groups in total. The third-order valence-electron chi connectivity index (χ3n) is 2.57. The van der Waals surface area contributed by atoms with E-state index < -0.39 is 0 Å². The van der Waals surface area contributed by atoms with Gasteiger partial charge < -0.3 is 11.1 Å². The first-order valence-electron chi connectivity index (χ1n) is 6.41. The van der Waals surface area contributed by atoms with Crippen LogP contribution in [0.3, 0.4) is 0 Å². The Kier molecular flexibility index (Phi) is 8.80. The smallest absolute Gasteiger partial charge is 0.0629 e. The average Bonchev–Trinajstić information content (AvgIpc) is 2.43. The maximum atomic E-state index is 8.02. The van der Waals surface area contributed by atoms with E-state index in [1.807, 2.05) is 70.2 Å². The van der Waals surface area contributed by atoms with Crippen LogP contribution in [-0.2, 0) is 0 Å². The molecule has 0 aliphatic rings. The van der Waals surface area contributed by atoms with Gasteiger partial charge in [0.1, 0.15) is 0 Å². The van der Waals surface area contributed by atoms with E-state index in [-0.39, 0.29) is 0 Å². The molecule has 0 radical (unpaired) electrons. The van der Waals surface area contributed by atoms with Crippen molar-refractivity contribution >= 4 is 5.71 Å². The molecule has 0 aromatic carbocycles. The molecule has 0 aromatic heterocycles. The fraction of sp³-hybridized carbons (Fsp3) is 0.235. The van der Waals surface area contributed by atoms with Crippen molar-refractivity contribution in [3.63, 3.8) is 0 Å². The Labute approximate surface area is 116 Å². The van der Waals surface area contributed by atoms with Gasteiger partial charge in [-0.3, -0.25) is 0 Å². The zero-order chi connectivity index (χ0) is 14.7. The highest BCUT2D eigenvalue weighted by Crippen LogP contribution is 2.08. The fourth-order valence-corrected chi connectivity index (χ4v) is 1.43. The van der Waals surface area contributed by atoms with Crippen LogP contribution in [0, 0.1) is 5.41 Å². The molecule has 0 heterocycles. The number of hydrogen-bond acceptors (Lipinski definition) is 2. The van der Waals surface area contributed by atoms with Gasteiger partial charge in [-0.25, -0.2) is 0 Å². The quantitative estimate of drug-likeness (QED) is 0.535. The van der Waals surface area contributed by atoms with Crippen molar-refractivity contribution in [2.24, 2.45) is 5.73 Å². The van der Waals surface area contributed by atoms with Crippen LogP contribution >= 0.6 is 0 Å². The predicted molar refractivity (Wildman–Crippen MR) is 86.3 cm³/mol. The zero-order valence-corrected chi connectivity index (χ0v) is 12.3. The van der Waals surface area contributed by atoms with Crippen molar-refractivity contribution in [1.82, 2.24) is 0 Å². The second kappa shape index (κ2) is 9.89. The van der Waals surface area contributed by atoms with Gasteiger partial charge in [-0.15, -0.1) is 0 Å². The Morgan fingerprint density at radius 3 is 2.00 bits per heavy atom. The second-order valence-corrected chi connectivity index (χ2v) is 3.87. The van der Waals surface area contributed by atoms with E-state index in [0.29, 0.717) is 11.4 Å². The normalized spacial score (nSPS) is 15.1. The first-order chi connectivity index (χ1) is 9.10. The van der Waals surface area contributed by atoms with Crippen molar-refractivity contribution in [2.45, 2.75) is 27.7 Å². The van der Waals surface area contributed by atoms with Crippen LogP contribution in [0.2, 0.25) is 0 Å². The Morgan fingerprint density at radius 1 is 0.842 bits per heavy atom. The zero-order valence-electron chi connectivity index (χ0n) is 12.3. The van der Waals surface area contributed by atoms with Crippen molar-refractivity contribution in [3.8, 4) is 0 Å². The van der Waals surface area contributed by atoms with Gasteiger partial charge in [0.25, 0.3) is 0 Å². The van der Waals surface area contributed by atoms with Gasteiger partial charge in [-0.05, 0) is 39.3 Å². The minimum atomic E-state index is 0.414. The van der Waals surface area contributed by atoms with Crippen LogP contribution in [0.5, 0.6) is 0 Å². The SMILES string of the molecule is C\C=C/C=C\C(\C=C\C(=N)C(=C/C)/C(N)=C\C)=C/C. The van der Waals surface area contributed by atoms with Gasteiger partial charge in [-0.1, -0.05) is 48.6 Å². The Balaban J connectivity index is 4.93. The molecule has 102 valence electrons. The molecule has 0 saturated heterocycles. The molecular formula is C17H24N2. The molecule has 2 heteroatoms. The molecule has 0 atom stereocenters. The minimum absolute atomic E-state index is 0.414. The lowest BCUT2D eigenvalue weighted by atomic mass is 10.1. The molecule has 2 nitrogen and oxygen atoms in total. The first-order valence-corrected chi connectivity index (χ1v) is 6.41. The molecule has 0 rings (SSSR count). The van der Waals surface area contributed by atoms with E-state index in [1.54, 1.807) is 12.2 Å². The third-order valence-corrected chi connectivity index (χ3v) is 2.57. The lowest BCUT2D eigenvalue weighted by molar-refractivity contribution is 1.32. The Hall–Kier alpha value is -2.09. The molecule has 0 unspecified atom stereocenters. The summed E-state index contributed by atoms with van der Waals surface area (Å²) in [7, 11) is 0. The van der Waals surface area contributed by atoms with Crippen LogP contribution in [0.4, 0.5) is 0 Å². The first kappa shape index (κ1) is 16.9. The van der Waals surface area contributed by atoms with Crippen LogP contribution in [0.25, 0.3) is 0 Å². The number of hydrogen-bond donors (Lipinski definition) is 2. The van der Waals surface area contributed by atoms with E-state index in [4.69, 9.17) is 11.1 Å². The van der Waals surface area contributed by atoms with Crippen molar-refractivity contribution in [3.05, 3.63) is 71.5 Å². The van der Waals surface area contributed by atoms with Gasteiger partial charge >= 0.3 is 0 Å². The van der Waals surface area contributed by atoms with Crippen LogP contribution < -0.4 is 5.73 Å². The molecule has 0 bridgehead atoms. The summed E-state index contributed by atoms with van der Waals surface area (Å²) in [6.45, 7) is 7.70. The highest BCUT2D eigenvalue weighted by Gasteiger charge is 2.02. The van der Waals surface area contributed by atoms with E-state index in [2.05, 4.69) is 0 Å². The summed E-state index contributed by atoms with van der Waals surface area (Å²) in [6, 6.07) is 0. The lowest BCUT2D eigenvalue weighted by Gasteiger charge is -2.05. The number of nitrogens with two attached hydrogens (primary N) is 1. The molecule has 0 aliphatic carbocycles. The molecule has 0 spiro atoms. The summed E-state index contributed by atoms with van der Waals surface area (Å²) in [5, 5.41) is 8.02. The summed E-state index contributed by atoms with van der Waals surface area (Å²) < 4.78 is 0. The Bertz CT molecular complexity index is 469. The van der Waals surface area contributed by atoms with E-state index in [9.17, 15) is 0 Å². The van der Waals surface area contributed by atoms with E-state index in [1.165, 1.54) is 0 Å².